The highest BCUT2D eigenvalue weighted by Gasteiger charge is 2.51. The molecule has 0 aromatic heterocycles. The Morgan fingerprint density at radius 3 is 1.91 bits per heavy atom. The zero-order chi connectivity index (χ0) is 23.0. The quantitative estimate of drug-likeness (QED) is 0.420. The third kappa shape index (κ3) is 4.42. The van der Waals surface area contributed by atoms with E-state index in [4.69, 9.17) is 9.47 Å². The Morgan fingerprint density at radius 1 is 0.735 bits per heavy atom. The van der Waals surface area contributed by atoms with E-state index in [1.807, 2.05) is 54.6 Å². The highest BCUT2D eigenvalue weighted by Crippen LogP contribution is 2.60. The minimum Gasteiger partial charge on any atom is -0.484 e. The van der Waals surface area contributed by atoms with Gasteiger partial charge in [-0.3, -0.25) is 4.79 Å². The molecule has 174 valence electrons. The Kier molecular flexibility index (Phi) is 5.52. The van der Waals surface area contributed by atoms with Crippen LogP contribution in [0, 0.1) is 17.8 Å². The lowest BCUT2D eigenvalue weighted by Crippen LogP contribution is -2.48. The van der Waals surface area contributed by atoms with Crippen molar-refractivity contribution in [3.05, 3.63) is 84.4 Å². The number of hydrogen-bond acceptors (Lipinski definition) is 3. The van der Waals surface area contributed by atoms with Crippen LogP contribution in [0.25, 0.3) is 0 Å². The Labute approximate surface area is 201 Å². The second-order valence-electron chi connectivity index (χ2n) is 10.5. The number of carbonyl (C=O) groups excluding carboxylic acids is 1. The van der Waals surface area contributed by atoms with E-state index in [-0.39, 0.29) is 12.5 Å². The maximum atomic E-state index is 12.4. The predicted molar refractivity (Wildman–Crippen MR) is 133 cm³/mol. The smallest absolute Gasteiger partial charge is 0.262 e. The molecule has 0 aliphatic heterocycles. The monoisotopic (exact) mass is 453 g/mol. The molecule has 0 radical (unpaired) electrons. The van der Waals surface area contributed by atoms with Gasteiger partial charge < -0.3 is 14.8 Å². The van der Waals surface area contributed by atoms with Gasteiger partial charge in [0.2, 0.25) is 0 Å². The second-order valence-corrected chi connectivity index (χ2v) is 10.5. The minimum absolute atomic E-state index is 0.0321. The fourth-order valence-electron chi connectivity index (χ4n) is 6.95. The van der Waals surface area contributed by atoms with Crippen LogP contribution in [0.5, 0.6) is 17.2 Å². The summed E-state index contributed by atoms with van der Waals surface area (Å²) >= 11 is 0. The number of amides is 1. The summed E-state index contributed by atoms with van der Waals surface area (Å²) in [6, 6.07) is 25.5. The van der Waals surface area contributed by atoms with Gasteiger partial charge in [0.25, 0.3) is 5.91 Å². The van der Waals surface area contributed by atoms with Crippen molar-refractivity contribution in [1.82, 2.24) is 0 Å². The van der Waals surface area contributed by atoms with Gasteiger partial charge in [-0.15, -0.1) is 0 Å². The van der Waals surface area contributed by atoms with Crippen molar-refractivity contribution in [3.8, 4) is 17.2 Å². The standard InChI is InChI=1S/C30H31NO3/c32-29(20-33-26-10-12-28(13-11-26)34-27-4-2-1-3-5-27)31-25-8-6-24(7-9-25)30-17-21-14-22(18-30)16-23(15-21)19-30/h1-13,21-23H,14-20H2,(H,31,32). The molecule has 34 heavy (non-hydrogen) atoms. The van der Waals surface area contributed by atoms with Gasteiger partial charge in [0.1, 0.15) is 17.2 Å². The normalized spacial score (nSPS) is 26.8. The summed E-state index contributed by atoms with van der Waals surface area (Å²) in [7, 11) is 0. The SMILES string of the molecule is O=C(COc1ccc(Oc2ccccc2)cc1)Nc1ccc(C23CC4CC(CC(C4)C2)C3)cc1. The van der Waals surface area contributed by atoms with Crippen LogP contribution in [0.15, 0.2) is 78.9 Å². The first-order valence-electron chi connectivity index (χ1n) is 12.5. The van der Waals surface area contributed by atoms with E-state index in [0.29, 0.717) is 11.2 Å². The van der Waals surface area contributed by atoms with E-state index in [1.165, 1.54) is 44.1 Å². The van der Waals surface area contributed by atoms with Crippen LogP contribution >= 0.6 is 0 Å². The van der Waals surface area contributed by atoms with Crippen molar-refractivity contribution in [2.24, 2.45) is 17.8 Å². The van der Waals surface area contributed by atoms with Crippen LogP contribution in [-0.4, -0.2) is 12.5 Å². The van der Waals surface area contributed by atoms with Crippen molar-refractivity contribution in [3.63, 3.8) is 0 Å². The topological polar surface area (TPSA) is 47.6 Å². The van der Waals surface area contributed by atoms with E-state index in [2.05, 4.69) is 29.6 Å². The zero-order valence-corrected chi connectivity index (χ0v) is 19.4. The van der Waals surface area contributed by atoms with Crippen molar-refractivity contribution >= 4 is 11.6 Å². The average molecular weight is 454 g/mol. The predicted octanol–water partition coefficient (Wildman–Crippen LogP) is 6.96. The first-order valence-corrected chi connectivity index (χ1v) is 12.5. The number of para-hydroxylation sites is 1. The molecule has 4 saturated carbocycles. The zero-order valence-electron chi connectivity index (χ0n) is 19.4. The summed E-state index contributed by atoms with van der Waals surface area (Å²) in [5.74, 6) is 4.77. The van der Waals surface area contributed by atoms with Crippen LogP contribution in [-0.2, 0) is 10.2 Å². The van der Waals surface area contributed by atoms with Crippen molar-refractivity contribution in [2.45, 2.75) is 43.9 Å². The van der Waals surface area contributed by atoms with Gasteiger partial charge in [-0.25, -0.2) is 0 Å². The molecule has 4 fully saturated rings. The third-order valence-corrected chi connectivity index (χ3v) is 7.99. The van der Waals surface area contributed by atoms with Crippen molar-refractivity contribution in [1.29, 1.82) is 0 Å². The Morgan fingerprint density at radius 2 is 1.29 bits per heavy atom. The fraction of sp³-hybridized carbons (Fsp3) is 0.367. The lowest BCUT2D eigenvalue weighted by atomic mass is 9.48. The molecule has 3 aromatic rings. The molecule has 4 nitrogen and oxygen atoms in total. The van der Waals surface area contributed by atoms with Crippen LogP contribution in [0.2, 0.25) is 0 Å². The van der Waals surface area contributed by atoms with E-state index >= 15 is 0 Å². The molecule has 0 spiro atoms. The van der Waals surface area contributed by atoms with E-state index in [1.54, 1.807) is 0 Å². The highest BCUT2D eigenvalue weighted by atomic mass is 16.5. The molecule has 7 rings (SSSR count). The van der Waals surface area contributed by atoms with Gasteiger partial charge in [-0.2, -0.15) is 0 Å². The number of carbonyl (C=O) groups is 1. The number of hydrogen-bond donors (Lipinski definition) is 1. The van der Waals surface area contributed by atoms with Gasteiger partial charge in [0.05, 0.1) is 0 Å². The van der Waals surface area contributed by atoms with Gasteiger partial charge in [0, 0.05) is 5.69 Å². The molecule has 0 saturated heterocycles. The van der Waals surface area contributed by atoms with Gasteiger partial charge in [-0.1, -0.05) is 30.3 Å². The first-order chi connectivity index (χ1) is 16.6. The lowest BCUT2D eigenvalue weighted by molar-refractivity contribution is -0.118. The summed E-state index contributed by atoms with van der Waals surface area (Å²) in [5, 5.41) is 2.97. The molecule has 0 unspecified atom stereocenters. The average Bonchev–Trinajstić information content (AvgIpc) is 2.84. The summed E-state index contributed by atoms with van der Waals surface area (Å²) < 4.78 is 11.5. The summed E-state index contributed by atoms with van der Waals surface area (Å²) in [5.41, 5.74) is 2.68. The molecule has 4 aliphatic carbocycles. The molecule has 4 bridgehead atoms. The molecule has 1 N–H and O–H groups in total. The van der Waals surface area contributed by atoms with Crippen molar-refractivity contribution < 1.29 is 14.3 Å². The van der Waals surface area contributed by atoms with Gasteiger partial charge in [-0.05, 0) is 116 Å². The summed E-state index contributed by atoms with van der Waals surface area (Å²) in [4.78, 5) is 12.4. The molecular formula is C30H31NO3. The maximum Gasteiger partial charge on any atom is 0.262 e. The molecule has 0 heterocycles. The number of benzene rings is 3. The van der Waals surface area contributed by atoms with Crippen molar-refractivity contribution in [2.75, 3.05) is 11.9 Å². The lowest BCUT2D eigenvalue weighted by Gasteiger charge is -2.57. The Bertz CT molecular complexity index is 1100. The molecular weight excluding hydrogens is 422 g/mol. The second kappa shape index (κ2) is 8.83. The van der Waals surface area contributed by atoms with Gasteiger partial charge in [0.15, 0.2) is 6.61 Å². The molecule has 3 aromatic carbocycles. The largest absolute Gasteiger partial charge is 0.484 e. The number of anilines is 1. The highest BCUT2D eigenvalue weighted by molar-refractivity contribution is 5.91. The summed E-state index contributed by atoms with van der Waals surface area (Å²) in [6.07, 6.45) is 8.43. The summed E-state index contributed by atoms with van der Waals surface area (Å²) in [6.45, 7) is -0.0321. The van der Waals surface area contributed by atoms with E-state index in [0.717, 1.165) is 34.9 Å². The first kappa shape index (κ1) is 21.3. The number of nitrogens with one attached hydrogen (secondary N) is 1. The molecule has 4 heteroatoms. The Balaban J connectivity index is 1.02. The minimum atomic E-state index is -0.160. The van der Waals surface area contributed by atoms with E-state index < -0.39 is 0 Å². The Hall–Kier alpha value is -3.27. The van der Waals surface area contributed by atoms with Crippen LogP contribution in [0.4, 0.5) is 5.69 Å². The molecule has 1 amide bonds. The molecule has 0 atom stereocenters. The van der Waals surface area contributed by atoms with E-state index in [9.17, 15) is 4.79 Å². The number of rotatable bonds is 7. The van der Waals surface area contributed by atoms with Crippen LogP contribution < -0.4 is 14.8 Å². The van der Waals surface area contributed by atoms with Gasteiger partial charge >= 0.3 is 0 Å². The van der Waals surface area contributed by atoms with Crippen LogP contribution in [0.3, 0.4) is 0 Å². The fourth-order valence-corrected chi connectivity index (χ4v) is 6.95. The molecule has 4 aliphatic rings. The maximum absolute atomic E-state index is 12.4. The number of ether oxygens (including phenoxy) is 2. The third-order valence-electron chi connectivity index (χ3n) is 7.99. The van der Waals surface area contributed by atoms with Crippen LogP contribution in [0.1, 0.15) is 44.1 Å².